The standard InChI is InChI=1S/C16H23FN2O4S/c1-12-9-13(17)6-7-15(12)24(21,22)18-10-16(20)19(2)11-14-5-3-4-8-23-14/h6-7,9,14,18H,3-5,8,10-11H2,1-2H3. The van der Waals surface area contributed by atoms with Gasteiger partial charge in [0, 0.05) is 20.2 Å². The molecule has 24 heavy (non-hydrogen) atoms. The summed E-state index contributed by atoms with van der Waals surface area (Å²) in [5.41, 5.74) is 0.291. The van der Waals surface area contributed by atoms with Crippen molar-refractivity contribution in [1.29, 1.82) is 0 Å². The van der Waals surface area contributed by atoms with Gasteiger partial charge in [-0.05, 0) is 49.9 Å². The van der Waals surface area contributed by atoms with Gasteiger partial charge >= 0.3 is 0 Å². The number of nitrogens with one attached hydrogen (secondary N) is 1. The van der Waals surface area contributed by atoms with Crippen molar-refractivity contribution in [2.75, 3.05) is 26.7 Å². The lowest BCUT2D eigenvalue weighted by Gasteiger charge is -2.27. The quantitative estimate of drug-likeness (QED) is 0.835. The van der Waals surface area contributed by atoms with Crippen LogP contribution < -0.4 is 4.72 Å². The van der Waals surface area contributed by atoms with Crippen LogP contribution in [0.25, 0.3) is 0 Å². The van der Waals surface area contributed by atoms with Gasteiger partial charge in [-0.2, -0.15) is 0 Å². The molecule has 1 aromatic carbocycles. The number of hydrogen-bond donors (Lipinski definition) is 1. The summed E-state index contributed by atoms with van der Waals surface area (Å²) in [6.07, 6.45) is 3.01. The minimum Gasteiger partial charge on any atom is -0.376 e. The number of hydrogen-bond acceptors (Lipinski definition) is 4. The molecule has 2 rings (SSSR count). The fraction of sp³-hybridized carbons (Fsp3) is 0.562. The molecule has 0 saturated carbocycles. The lowest BCUT2D eigenvalue weighted by atomic mass is 10.1. The molecule has 6 nitrogen and oxygen atoms in total. The van der Waals surface area contributed by atoms with Gasteiger partial charge in [-0.25, -0.2) is 17.5 Å². The third kappa shape index (κ3) is 4.99. The smallest absolute Gasteiger partial charge is 0.241 e. The normalized spacial score (nSPS) is 18.4. The average molecular weight is 358 g/mol. The first-order valence-electron chi connectivity index (χ1n) is 7.91. The first kappa shape index (κ1) is 18.8. The van der Waals surface area contributed by atoms with E-state index >= 15 is 0 Å². The molecule has 0 aromatic heterocycles. The number of aryl methyl sites for hydroxylation is 1. The third-order valence-electron chi connectivity index (χ3n) is 4.02. The Bertz CT molecular complexity index is 687. The molecule has 0 bridgehead atoms. The largest absolute Gasteiger partial charge is 0.376 e. The van der Waals surface area contributed by atoms with E-state index in [0.717, 1.165) is 31.4 Å². The van der Waals surface area contributed by atoms with Crippen molar-refractivity contribution in [3.05, 3.63) is 29.6 Å². The van der Waals surface area contributed by atoms with Crippen molar-refractivity contribution in [3.63, 3.8) is 0 Å². The van der Waals surface area contributed by atoms with Crippen molar-refractivity contribution in [1.82, 2.24) is 9.62 Å². The van der Waals surface area contributed by atoms with E-state index in [9.17, 15) is 17.6 Å². The number of carbonyl (C=O) groups excluding carboxylic acids is 1. The van der Waals surface area contributed by atoms with Crippen LogP contribution in [0.4, 0.5) is 4.39 Å². The molecule has 1 fully saturated rings. The fourth-order valence-electron chi connectivity index (χ4n) is 2.64. The summed E-state index contributed by atoms with van der Waals surface area (Å²) in [5, 5.41) is 0. The van der Waals surface area contributed by atoms with Crippen LogP contribution in [0.3, 0.4) is 0 Å². The van der Waals surface area contributed by atoms with Crippen molar-refractivity contribution < 1.29 is 22.3 Å². The zero-order valence-corrected chi connectivity index (χ0v) is 14.7. The molecule has 1 amide bonds. The average Bonchev–Trinajstić information content (AvgIpc) is 2.53. The van der Waals surface area contributed by atoms with Gasteiger partial charge < -0.3 is 9.64 Å². The molecule has 1 aliphatic heterocycles. The van der Waals surface area contributed by atoms with Crippen molar-refractivity contribution in [3.8, 4) is 0 Å². The molecular weight excluding hydrogens is 335 g/mol. The number of likely N-dealkylation sites (N-methyl/N-ethyl adjacent to an activating group) is 1. The summed E-state index contributed by atoms with van der Waals surface area (Å²) < 4.78 is 45.4. The second-order valence-electron chi connectivity index (χ2n) is 6.00. The number of sulfonamides is 1. The zero-order chi connectivity index (χ0) is 17.7. The minimum atomic E-state index is -3.86. The highest BCUT2D eigenvalue weighted by Crippen LogP contribution is 2.16. The Hall–Kier alpha value is -1.51. The molecule has 1 N–H and O–H groups in total. The second-order valence-corrected chi connectivity index (χ2v) is 7.73. The van der Waals surface area contributed by atoms with E-state index in [-0.39, 0.29) is 23.5 Å². The van der Waals surface area contributed by atoms with Crippen LogP contribution >= 0.6 is 0 Å². The summed E-state index contributed by atoms with van der Waals surface area (Å²) in [6, 6.07) is 3.41. The second kappa shape index (κ2) is 8.04. The van der Waals surface area contributed by atoms with Crippen LogP contribution in [-0.2, 0) is 19.6 Å². The molecule has 0 aliphatic carbocycles. The van der Waals surface area contributed by atoms with Crippen LogP contribution in [0.15, 0.2) is 23.1 Å². The maximum Gasteiger partial charge on any atom is 0.241 e. The van der Waals surface area contributed by atoms with Crippen molar-refractivity contribution >= 4 is 15.9 Å². The summed E-state index contributed by atoms with van der Waals surface area (Å²) >= 11 is 0. The Balaban J connectivity index is 1.91. The van der Waals surface area contributed by atoms with Crippen molar-refractivity contribution in [2.24, 2.45) is 0 Å². The van der Waals surface area contributed by atoms with Gasteiger partial charge in [-0.3, -0.25) is 4.79 Å². The lowest BCUT2D eigenvalue weighted by molar-refractivity contribution is -0.131. The van der Waals surface area contributed by atoms with Crippen LogP contribution in [0, 0.1) is 12.7 Å². The number of benzene rings is 1. The first-order chi connectivity index (χ1) is 11.3. The fourth-order valence-corrected chi connectivity index (χ4v) is 3.84. The number of halogens is 1. The molecule has 1 saturated heterocycles. The zero-order valence-electron chi connectivity index (χ0n) is 13.9. The van der Waals surface area contributed by atoms with E-state index in [1.807, 2.05) is 0 Å². The summed E-state index contributed by atoms with van der Waals surface area (Å²) in [5.74, 6) is -0.845. The number of amides is 1. The van der Waals surface area contributed by atoms with Crippen LogP contribution in [0.1, 0.15) is 24.8 Å². The lowest BCUT2D eigenvalue weighted by Crippen LogP contribution is -2.42. The summed E-state index contributed by atoms with van der Waals surface area (Å²) in [6.45, 7) is 2.30. The van der Waals surface area contributed by atoms with E-state index in [1.54, 1.807) is 7.05 Å². The van der Waals surface area contributed by atoms with E-state index in [4.69, 9.17) is 4.74 Å². The maximum atomic E-state index is 13.1. The van der Waals surface area contributed by atoms with Gasteiger partial charge in [0.2, 0.25) is 15.9 Å². The Labute approximate surface area is 142 Å². The van der Waals surface area contributed by atoms with Gasteiger partial charge in [-0.15, -0.1) is 0 Å². The van der Waals surface area contributed by atoms with Crippen LogP contribution in [0.5, 0.6) is 0 Å². The van der Waals surface area contributed by atoms with Gasteiger partial charge in [0.05, 0.1) is 17.5 Å². The van der Waals surface area contributed by atoms with Gasteiger partial charge in [0.25, 0.3) is 0 Å². The summed E-state index contributed by atoms with van der Waals surface area (Å²) in [7, 11) is -2.24. The molecule has 1 heterocycles. The molecular formula is C16H23FN2O4S. The van der Waals surface area contributed by atoms with Crippen LogP contribution in [0.2, 0.25) is 0 Å². The highest BCUT2D eigenvalue weighted by atomic mass is 32.2. The first-order valence-corrected chi connectivity index (χ1v) is 9.39. The molecule has 0 spiro atoms. The summed E-state index contributed by atoms with van der Waals surface area (Å²) in [4.78, 5) is 13.6. The Morgan fingerprint density at radius 1 is 1.42 bits per heavy atom. The van der Waals surface area contributed by atoms with Gasteiger partial charge in [0.1, 0.15) is 5.82 Å². The van der Waals surface area contributed by atoms with E-state index in [1.165, 1.54) is 17.9 Å². The van der Waals surface area contributed by atoms with Crippen LogP contribution in [-0.4, -0.2) is 52.1 Å². The van der Waals surface area contributed by atoms with Gasteiger partial charge in [0.15, 0.2) is 0 Å². The highest BCUT2D eigenvalue weighted by molar-refractivity contribution is 7.89. The molecule has 1 atom stereocenters. The van der Waals surface area contributed by atoms with Crippen molar-refractivity contribution in [2.45, 2.75) is 37.2 Å². The predicted molar refractivity (Wildman–Crippen MR) is 87.6 cm³/mol. The SMILES string of the molecule is Cc1cc(F)ccc1S(=O)(=O)NCC(=O)N(C)CC1CCCCO1. The number of ether oxygens (including phenoxy) is 1. The Morgan fingerprint density at radius 3 is 2.79 bits per heavy atom. The molecule has 134 valence electrons. The van der Waals surface area contributed by atoms with E-state index in [0.29, 0.717) is 18.7 Å². The molecule has 1 aromatic rings. The minimum absolute atomic E-state index is 0.00338. The van der Waals surface area contributed by atoms with Gasteiger partial charge in [-0.1, -0.05) is 0 Å². The Morgan fingerprint density at radius 2 is 2.17 bits per heavy atom. The Kier molecular flexibility index (Phi) is 6.31. The number of carbonyl (C=O) groups is 1. The molecule has 8 heteroatoms. The van der Waals surface area contributed by atoms with E-state index in [2.05, 4.69) is 4.72 Å². The number of rotatable bonds is 6. The molecule has 0 radical (unpaired) electrons. The maximum absolute atomic E-state index is 13.1. The third-order valence-corrected chi connectivity index (χ3v) is 5.58. The monoisotopic (exact) mass is 358 g/mol. The topological polar surface area (TPSA) is 75.7 Å². The predicted octanol–water partition coefficient (Wildman–Crippen LogP) is 1.44. The molecule has 1 aliphatic rings. The highest BCUT2D eigenvalue weighted by Gasteiger charge is 2.22. The van der Waals surface area contributed by atoms with E-state index < -0.39 is 15.8 Å². The molecule has 1 unspecified atom stereocenters. The number of nitrogens with zero attached hydrogens (tertiary/aromatic N) is 1.